The summed E-state index contributed by atoms with van der Waals surface area (Å²) >= 11 is 1.95. The molecule has 0 aromatic carbocycles. The average molecular weight is 223 g/mol. The van der Waals surface area contributed by atoms with Crippen molar-refractivity contribution in [2.75, 3.05) is 0 Å². The average Bonchev–Trinajstić information content (AvgIpc) is 2.25. The molecule has 84 valence electrons. The Bertz CT molecular complexity index is 249. The molecule has 1 fully saturated rings. The van der Waals surface area contributed by atoms with E-state index in [0.29, 0.717) is 10.7 Å². The van der Waals surface area contributed by atoms with Crippen LogP contribution in [0.4, 0.5) is 0 Å². The van der Waals surface area contributed by atoms with Gasteiger partial charge in [0.1, 0.15) is 0 Å². The predicted octanol–water partition coefficient (Wildman–Crippen LogP) is 4.39. The van der Waals surface area contributed by atoms with Crippen molar-refractivity contribution in [2.45, 2.75) is 57.1 Å². The summed E-state index contributed by atoms with van der Waals surface area (Å²) in [5.74, 6) is 0. The summed E-state index contributed by atoms with van der Waals surface area (Å²) in [5, 5.41) is 2.76. The topological polar surface area (TPSA) is 12.4 Å². The van der Waals surface area contributed by atoms with Crippen LogP contribution in [0.3, 0.4) is 0 Å². The minimum absolute atomic E-state index is 0.485. The Morgan fingerprint density at radius 2 is 1.80 bits per heavy atom. The van der Waals surface area contributed by atoms with Gasteiger partial charge in [0.05, 0.1) is 0 Å². The lowest BCUT2D eigenvalue weighted by atomic mass is 9.75. The van der Waals surface area contributed by atoms with Crippen molar-refractivity contribution < 1.29 is 0 Å². The Kier molecular flexibility index (Phi) is 3.90. The van der Waals surface area contributed by atoms with E-state index in [-0.39, 0.29) is 0 Å². The van der Waals surface area contributed by atoms with Crippen molar-refractivity contribution >= 4 is 18.0 Å². The molecule has 1 unspecified atom stereocenters. The van der Waals surface area contributed by atoms with Crippen LogP contribution in [0.1, 0.15) is 51.9 Å². The fourth-order valence-corrected chi connectivity index (χ4v) is 3.67. The van der Waals surface area contributed by atoms with E-state index in [1.807, 2.05) is 18.0 Å². The highest BCUT2D eigenvalue weighted by Crippen LogP contribution is 2.42. The third-order valence-corrected chi connectivity index (χ3v) is 5.04. The largest absolute Gasteiger partial charge is 0.267 e. The molecule has 0 bridgehead atoms. The standard InChI is InChI=1S/C13H21NS/c1-13(12-11-14-9-10-15-12)7-5-3-2-4-6-8-13/h9-12H,2-8H2,1H3. The molecule has 1 saturated carbocycles. The smallest absolute Gasteiger partial charge is 0.0496 e. The minimum Gasteiger partial charge on any atom is -0.267 e. The van der Waals surface area contributed by atoms with Crippen LogP contribution in [0.25, 0.3) is 0 Å². The molecule has 2 heteroatoms. The molecule has 2 rings (SSSR count). The fourth-order valence-electron chi connectivity index (χ4n) is 2.66. The molecule has 0 aromatic heterocycles. The van der Waals surface area contributed by atoms with Gasteiger partial charge in [0.15, 0.2) is 0 Å². The third-order valence-electron chi connectivity index (χ3n) is 3.78. The van der Waals surface area contributed by atoms with E-state index < -0.39 is 0 Å². The van der Waals surface area contributed by atoms with Crippen LogP contribution in [0.15, 0.2) is 16.6 Å². The first-order valence-corrected chi connectivity index (χ1v) is 7.09. The van der Waals surface area contributed by atoms with Gasteiger partial charge in [-0.2, -0.15) is 0 Å². The van der Waals surface area contributed by atoms with Gasteiger partial charge in [0, 0.05) is 17.7 Å². The van der Waals surface area contributed by atoms with Crippen LogP contribution in [-0.4, -0.2) is 11.5 Å². The SMILES string of the molecule is CC1(C2C=NC=CS2)CCCCCCC1. The molecule has 15 heavy (non-hydrogen) atoms. The van der Waals surface area contributed by atoms with E-state index in [1.165, 1.54) is 44.9 Å². The van der Waals surface area contributed by atoms with Gasteiger partial charge in [-0.25, -0.2) is 0 Å². The van der Waals surface area contributed by atoms with E-state index in [2.05, 4.69) is 23.5 Å². The first-order chi connectivity index (χ1) is 7.31. The molecule has 0 saturated heterocycles. The predicted molar refractivity (Wildman–Crippen MR) is 69.4 cm³/mol. The maximum Gasteiger partial charge on any atom is 0.0496 e. The Morgan fingerprint density at radius 1 is 1.13 bits per heavy atom. The zero-order valence-electron chi connectivity index (χ0n) is 9.61. The van der Waals surface area contributed by atoms with Crippen molar-refractivity contribution in [1.29, 1.82) is 0 Å². The molecule has 2 aliphatic rings. The normalized spacial score (nSPS) is 30.9. The second-order valence-corrected chi connectivity index (χ2v) is 6.11. The maximum atomic E-state index is 4.31. The van der Waals surface area contributed by atoms with Crippen molar-refractivity contribution in [3.8, 4) is 0 Å². The van der Waals surface area contributed by atoms with Gasteiger partial charge in [0.2, 0.25) is 0 Å². The monoisotopic (exact) mass is 223 g/mol. The highest BCUT2D eigenvalue weighted by Gasteiger charge is 2.33. The van der Waals surface area contributed by atoms with Gasteiger partial charge in [-0.15, -0.1) is 11.8 Å². The van der Waals surface area contributed by atoms with Gasteiger partial charge in [-0.1, -0.05) is 39.0 Å². The molecule has 0 N–H and O–H groups in total. The Morgan fingerprint density at radius 3 is 2.40 bits per heavy atom. The number of nitrogens with zero attached hydrogens (tertiary/aromatic N) is 1. The highest BCUT2D eigenvalue weighted by molar-refractivity contribution is 8.03. The van der Waals surface area contributed by atoms with E-state index in [1.54, 1.807) is 0 Å². The van der Waals surface area contributed by atoms with E-state index >= 15 is 0 Å². The lowest BCUT2D eigenvalue weighted by Gasteiger charge is -2.37. The quantitative estimate of drug-likeness (QED) is 0.642. The molecule has 0 aromatic rings. The molecule has 0 spiro atoms. The van der Waals surface area contributed by atoms with Gasteiger partial charge in [-0.3, -0.25) is 4.99 Å². The number of hydrogen-bond donors (Lipinski definition) is 0. The summed E-state index contributed by atoms with van der Waals surface area (Å²) in [5.41, 5.74) is 0.485. The van der Waals surface area contributed by atoms with E-state index in [0.717, 1.165) is 0 Å². The van der Waals surface area contributed by atoms with Gasteiger partial charge in [-0.05, 0) is 23.7 Å². The number of hydrogen-bond acceptors (Lipinski definition) is 2. The van der Waals surface area contributed by atoms with Gasteiger partial charge in [0.25, 0.3) is 0 Å². The van der Waals surface area contributed by atoms with Crippen LogP contribution in [0.2, 0.25) is 0 Å². The Labute approximate surface area is 97.4 Å². The number of thioether (sulfide) groups is 1. The molecule has 0 amide bonds. The summed E-state index contributed by atoms with van der Waals surface area (Å²) in [6, 6.07) is 0. The first-order valence-electron chi connectivity index (χ1n) is 6.15. The number of aliphatic imine (C=N–C) groups is 1. The van der Waals surface area contributed by atoms with Crippen molar-refractivity contribution in [3.05, 3.63) is 11.6 Å². The lowest BCUT2D eigenvalue weighted by Crippen LogP contribution is -2.32. The van der Waals surface area contributed by atoms with Crippen LogP contribution in [-0.2, 0) is 0 Å². The molecule has 1 aliphatic carbocycles. The maximum absolute atomic E-state index is 4.31. The van der Waals surface area contributed by atoms with Crippen LogP contribution < -0.4 is 0 Å². The number of rotatable bonds is 1. The van der Waals surface area contributed by atoms with Crippen molar-refractivity contribution in [3.63, 3.8) is 0 Å². The summed E-state index contributed by atoms with van der Waals surface area (Å²) in [4.78, 5) is 4.31. The van der Waals surface area contributed by atoms with E-state index in [4.69, 9.17) is 0 Å². The fraction of sp³-hybridized carbons (Fsp3) is 0.769. The second kappa shape index (κ2) is 5.20. The highest BCUT2D eigenvalue weighted by atomic mass is 32.2. The van der Waals surface area contributed by atoms with E-state index in [9.17, 15) is 0 Å². The Balaban J connectivity index is 2.01. The molecule has 0 radical (unpaired) electrons. The third kappa shape index (κ3) is 2.87. The molecular formula is C13H21NS. The van der Waals surface area contributed by atoms with Crippen molar-refractivity contribution in [1.82, 2.24) is 0 Å². The van der Waals surface area contributed by atoms with Gasteiger partial charge >= 0.3 is 0 Å². The summed E-state index contributed by atoms with van der Waals surface area (Å²) in [7, 11) is 0. The summed E-state index contributed by atoms with van der Waals surface area (Å²) in [6.07, 6.45) is 14.0. The Hall–Kier alpha value is -0.240. The summed E-state index contributed by atoms with van der Waals surface area (Å²) in [6.45, 7) is 2.46. The van der Waals surface area contributed by atoms with Crippen LogP contribution in [0.5, 0.6) is 0 Å². The summed E-state index contributed by atoms with van der Waals surface area (Å²) < 4.78 is 0. The minimum atomic E-state index is 0.485. The lowest BCUT2D eigenvalue weighted by molar-refractivity contribution is 0.256. The van der Waals surface area contributed by atoms with Crippen molar-refractivity contribution in [2.24, 2.45) is 10.4 Å². The van der Waals surface area contributed by atoms with Crippen LogP contribution >= 0.6 is 11.8 Å². The first kappa shape index (κ1) is 11.3. The zero-order valence-corrected chi connectivity index (χ0v) is 10.4. The van der Waals surface area contributed by atoms with Gasteiger partial charge < -0.3 is 0 Å². The van der Waals surface area contributed by atoms with Crippen LogP contribution in [0, 0.1) is 5.41 Å². The molecule has 1 nitrogen and oxygen atoms in total. The molecule has 1 heterocycles. The second-order valence-electron chi connectivity index (χ2n) is 5.06. The molecular weight excluding hydrogens is 202 g/mol. The molecule has 1 aliphatic heterocycles. The zero-order chi connectivity index (χ0) is 10.6. The molecule has 1 atom stereocenters.